The van der Waals surface area contributed by atoms with Gasteiger partial charge in [-0.25, -0.2) is 9.37 Å². The summed E-state index contributed by atoms with van der Waals surface area (Å²) in [7, 11) is 1.42. The number of carbonyl (C=O) groups is 1. The highest BCUT2D eigenvalue weighted by Gasteiger charge is 2.13. The second-order valence-electron chi connectivity index (χ2n) is 2.42. The van der Waals surface area contributed by atoms with E-state index >= 15 is 0 Å². The van der Waals surface area contributed by atoms with Crippen molar-refractivity contribution in [2.75, 3.05) is 7.05 Å². The fourth-order valence-corrected chi connectivity index (χ4v) is 0.918. The van der Waals surface area contributed by atoms with Crippen molar-refractivity contribution in [1.29, 1.82) is 0 Å². The molecule has 13 heavy (non-hydrogen) atoms. The zero-order valence-corrected chi connectivity index (χ0v) is 7.17. The molecule has 1 aromatic rings. The molecule has 0 aliphatic carbocycles. The maximum atomic E-state index is 13.3. The first-order chi connectivity index (χ1) is 6.20. The summed E-state index contributed by atoms with van der Waals surface area (Å²) >= 11 is 0. The standard InChI is InChI=1S/C8H10FN3O/c1-11-8(13)7-6(9)5(4-10)2-3-12-7/h2-3H,4,10H2,1H3,(H,11,13). The van der Waals surface area contributed by atoms with Gasteiger partial charge in [0.15, 0.2) is 11.5 Å². The van der Waals surface area contributed by atoms with E-state index in [-0.39, 0.29) is 17.8 Å². The summed E-state index contributed by atoms with van der Waals surface area (Å²) in [4.78, 5) is 14.7. The van der Waals surface area contributed by atoms with Crippen LogP contribution in [0.1, 0.15) is 16.1 Å². The largest absolute Gasteiger partial charge is 0.354 e. The summed E-state index contributed by atoms with van der Waals surface area (Å²) < 4.78 is 13.3. The molecule has 1 rings (SSSR count). The van der Waals surface area contributed by atoms with E-state index in [4.69, 9.17) is 5.73 Å². The Labute approximate surface area is 75.0 Å². The van der Waals surface area contributed by atoms with Crippen molar-refractivity contribution in [3.8, 4) is 0 Å². The third kappa shape index (κ3) is 1.81. The zero-order valence-electron chi connectivity index (χ0n) is 7.17. The second kappa shape index (κ2) is 3.95. The van der Waals surface area contributed by atoms with Crippen LogP contribution in [0.25, 0.3) is 0 Å². The van der Waals surface area contributed by atoms with Crippen molar-refractivity contribution < 1.29 is 9.18 Å². The molecule has 1 amide bonds. The fourth-order valence-electron chi connectivity index (χ4n) is 0.918. The van der Waals surface area contributed by atoms with Crippen LogP contribution in [-0.2, 0) is 6.54 Å². The Bertz CT molecular complexity index is 327. The van der Waals surface area contributed by atoms with Crippen LogP contribution >= 0.6 is 0 Å². The molecule has 0 saturated carbocycles. The highest BCUT2D eigenvalue weighted by atomic mass is 19.1. The van der Waals surface area contributed by atoms with Gasteiger partial charge in [0.2, 0.25) is 0 Å². The van der Waals surface area contributed by atoms with Crippen LogP contribution in [0, 0.1) is 5.82 Å². The molecule has 0 bridgehead atoms. The van der Waals surface area contributed by atoms with Crippen molar-refractivity contribution in [3.63, 3.8) is 0 Å². The topological polar surface area (TPSA) is 68.0 Å². The average molecular weight is 183 g/mol. The number of nitrogens with zero attached hydrogens (tertiary/aromatic N) is 1. The smallest absolute Gasteiger partial charge is 0.272 e. The Hall–Kier alpha value is -1.49. The number of hydrogen-bond donors (Lipinski definition) is 2. The summed E-state index contributed by atoms with van der Waals surface area (Å²) in [6, 6.07) is 1.45. The van der Waals surface area contributed by atoms with Gasteiger partial charge in [-0.05, 0) is 6.07 Å². The van der Waals surface area contributed by atoms with Gasteiger partial charge < -0.3 is 11.1 Å². The number of aromatic nitrogens is 1. The maximum absolute atomic E-state index is 13.3. The van der Waals surface area contributed by atoms with Gasteiger partial charge in [0.25, 0.3) is 5.91 Å². The van der Waals surface area contributed by atoms with E-state index in [0.29, 0.717) is 0 Å². The number of pyridine rings is 1. The van der Waals surface area contributed by atoms with Crippen LogP contribution in [0.15, 0.2) is 12.3 Å². The van der Waals surface area contributed by atoms with Gasteiger partial charge in [-0.15, -0.1) is 0 Å². The van der Waals surface area contributed by atoms with Gasteiger partial charge in [0, 0.05) is 25.4 Å². The van der Waals surface area contributed by atoms with Crippen molar-refractivity contribution >= 4 is 5.91 Å². The molecule has 5 heteroatoms. The summed E-state index contributed by atoms with van der Waals surface area (Å²) in [5.74, 6) is -1.20. The molecule has 0 aromatic carbocycles. The normalized spacial score (nSPS) is 9.77. The molecule has 0 saturated heterocycles. The molecule has 0 aliphatic heterocycles. The molecule has 0 aliphatic rings. The van der Waals surface area contributed by atoms with E-state index in [9.17, 15) is 9.18 Å². The minimum absolute atomic E-state index is 0.0539. The van der Waals surface area contributed by atoms with E-state index in [1.165, 1.54) is 19.3 Å². The monoisotopic (exact) mass is 183 g/mol. The first-order valence-corrected chi connectivity index (χ1v) is 3.76. The van der Waals surface area contributed by atoms with Gasteiger partial charge in [-0.2, -0.15) is 0 Å². The van der Waals surface area contributed by atoms with Crippen molar-refractivity contribution in [2.45, 2.75) is 6.54 Å². The maximum Gasteiger partial charge on any atom is 0.272 e. The average Bonchev–Trinajstić information content (AvgIpc) is 2.17. The van der Waals surface area contributed by atoms with Crippen LogP contribution in [0.2, 0.25) is 0 Å². The molecule has 1 aromatic heterocycles. The highest BCUT2D eigenvalue weighted by Crippen LogP contribution is 2.09. The lowest BCUT2D eigenvalue weighted by Crippen LogP contribution is -2.21. The third-order valence-corrected chi connectivity index (χ3v) is 1.63. The predicted octanol–water partition coefficient (Wildman–Crippen LogP) is 0.0390. The van der Waals surface area contributed by atoms with Crippen molar-refractivity contribution in [1.82, 2.24) is 10.3 Å². The Balaban J connectivity index is 3.15. The number of hydrogen-bond acceptors (Lipinski definition) is 3. The minimum atomic E-state index is -0.649. The zero-order chi connectivity index (χ0) is 9.84. The molecule has 0 fully saturated rings. The summed E-state index contributed by atoms with van der Waals surface area (Å²) in [5.41, 5.74) is 5.33. The molecule has 4 nitrogen and oxygen atoms in total. The molecule has 0 atom stereocenters. The quantitative estimate of drug-likeness (QED) is 0.680. The summed E-state index contributed by atoms with van der Waals surface area (Å²) in [6.07, 6.45) is 1.36. The Morgan fingerprint density at radius 3 is 3.00 bits per heavy atom. The van der Waals surface area contributed by atoms with Crippen LogP contribution in [-0.4, -0.2) is 17.9 Å². The van der Waals surface area contributed by atoms with E-state index in [1.54, 1.807) is 0 Å². The minimum Gasteiger partial charge on any atom is -0.354 e. The van der Waals surface area contributed by atoms with E-state index < -0.39 is 11.7 Å². The van der Waals surface area contributed by atoms with Gasteiger partial charge in [-0.3, -0.25) is 4.79 Å². The molecule has 3 N–H and O–H groups in total. The van der Waals surface area contributed by atoms with Crippen molar-refractivity contribution in [2.24, 2.45) is 5.73 Å². The fraction of sp³-hybridized carbons (Fsp3) is 0.250. The second-order valence-corrected chi connectivity index (χ2v) is 2.42. The summed E-state index contributed by atoms with van der Waals surface area (Å²) in [6.45, 7) is 0.0539. The first-order valence-electron chi connectivity index (χ1n) is 3.76. The van der Waals surface area contributed by atoms with E-state index in [2.05, 4.69) is 10.3 Å². The molecule has 0 radical (unpaired) electrons. The van der Waals surface area contributed by atoms with Gasteiger partial charge in [0.1, 0.15) is 0 Å². The molecular formula is C8H10FN3O. The molecule has 0 spiro atoms. The lowest BCUT2D eigenvalue weighted by Gasteiger charge is -2.03. The van der Waals surface area contributed by atoms with Gasteiger partial charge in [0.05, 0.1) is 0 Å². The number of rotatable bonds is 2. The van der Waals surface area contributed by atoms with Gasteiger partial charge in [-0.1, -0.05) is 0 Å². The number of nitrogens with two attached hydrogens (primary N) is 1. The molecule has 0 unspecified atom stereocenters. The van der Waals surface area contributed by atoms with Crippen LogP contribution < -0.4 is 11.1 Å². The summed E-state index contributed by atoms with van der Waals surface area (Å²) in [5, 5.41) is 2.29. The SMILES string of the molecule is CNC(=O)c1nccc(CN)c1F. The molecular weight excluding hydrogens is 173 g/mol. The Morgan fingerprint density at radius 2 is 2.46 bits per heavy atom. The van der Waals surface area contributed by atoms with Crippen LogP contribution in [0.3, 0.4) is 0 Å². The Kier molecular flexibility index (Phi) is 2.92. The lowest BCUT2D eigenvalue weighted by molar-refractivity contribution is 0.0953. The van der Waals surface area contributed by atoms with Gasteiger partial charge >= 0.3 is 0 Å². The van der Waals surface area contributed by atoms with Crippen LogP contribution in [0.4, 0.5) is 4.39 Å². The third-order valence-electron chi connectivity index (χ3n) is 1.63. The number of amides is 1. The van der Waals surface area contributed by atoms with E-state index in [1.807, 2.05) is 0 Å². The van der Waals surface area contributed by atoms with Crippen molar-refractivity contribution in [3.05, 3.63) is 29.3 Å². The number of halogens is 1. The van der Waals surface area contributed by atoms with E-state index in [0.717, 1.165) is 0 Å². The Morgan fingerprint density at radius 1 is 1.77 bits per heavy atom. The van der Waals surface area contributed by atoms with Crippen LogP contribution in [0.5, 0.6) is 0 Å². The molecule has 1 heterocycles. The molecule has 70 valence electrons. The first kappa shape index (κ1) is 9.60. The number of carbonyl (C=O) groups excluding carboxylic acids is 1. The number of nitrogens with one attached hydrogen (secondary N) is 1. The predicted molar refractivity (Wildman–Crippen MR) is 45.5 cm³/mol. The highest BCUT2D eigenvalue weighted by molar-refractivity contribution is 5.92. The lowest BCUT2D eigenvalue weighted by atomic mass is 10.2.